The van der Waals surface area contributed by atoms with Crippen molar-refractivity contribution >= 4 is 27.7 Å². The van der Waals surface area contributed by atoms with Gasteiger partial charge in [0.15, 0.2) is 0 Å². The molecule has 1 saturated heterocycles. The van der Waals surface area contributed by atoms with Crippen molar-refractivity contribution < 1.29 is 9.59 Å². The maximum Gasteiger partial charge on any atom is 0.247 e. The van der Waals surface area contributed by atoms with Gasteiger partial charge in [0.2, 0.25) is 11.8 Å². The summed E-state index contributed by atoms with van der Waals surface area (Å²) in [7, 11) is 0. The van der Waals surface area contributed by atoms with Crippen LogP contribution in [0.1, 0.15) is 37.8 Å². The fourth-order valence-electron chi connectivity index (χ4n) is 2.67. The number of amides is 2. The third kappa shape index (κ3) is 2.65. The zero-order valence-corrected chi connectivity index (χ0v) is 12.9. The van der Waals surface area contributed by atoms with Crippen LogP contribution < -0.4 is 5.32 Å². The zero-order chi connectivity index (χ0) is 14.3. The van der Waals surface area contributed by atoms with Crippen LogP contribution in [0.2, 0.25) is 0 Å². The summed E-state index contributed by atoms with van der Waals surface area (Å²) in [5, 5.41) is 3.28. The second-order valence-corrected chi connectivity index (χ2v) is 6.45. The van der Waals surface area contributed by atoms with E-state index in [1.807, 2.05) is 31.2 Å². The summed E-state index contributed by atoms with van der Waals surface area (Å²) in [5.41, 5.74) is 1.10. The lowest BCUT2D eigenvalue weighted by molar-refractivity contribution is -0.139. The van der Waals surface area contributed by atoms with Crippen molar-refractivity contribution in [2.75, 3.05) is 0 Å². The van der Waals surface area contributed by atoms with Gasteiger partial charge in [-0.1, -0.05) is 28.1 Å². The quantitative estimate of drug-likeness (QED) is 0.859. The van der Waals surface area contributed by atoms with E-state index >= 15 is 0 Å². The molecule has 0 spiro atoms. The number of hydrogen-bond donors (Lipinski definition) is 1. The number of halogens is 1. The predicted octanol–water partition coefficient (Wildman–Crippen LogP) is 2.39. The first-order chi connectivity index (χ1) is 9.56. The Morgan fingerprint density at radius 2 is 2.10 bits per heavy atom. The van der Waals surface area contributed by atoms with E-state index < -0.39 is 0 Å². The molecule has 5 heteroatoms. The fourth-order valence-corrected chi connectivity index (χ4v) is 3.09. The highest BCUT2D eigenvalue weighted by atomic mass is 79.9. The molecule has 1 aromatic rings. The number of benzene rings is 1. The van der Waals surface area contributed by atoms with Crippen molar-refractivity contribution in [3.63, 3.8) is 0 Å². The number of nitrogens with zero attached hydrogens (tertiary/aromatic N) is 1. The molecule has 20 heavy (non-hydrogen) atoms. The van der Waals surface area contributed by atoms with Gasteiger partial charge >= 0.3 is 0 Å². The van der Waals surface area contributed by atoms with Crippen LogP contribution in [0.15, 0.2) is 28.7 Å². The number of likely N-dealkylation sites (tertiary alicyclic amines) is 1. The first-order valence-corrected chi connectivity index (χ1v) is 7.73. The number of imide groups is 1. The Kier molecular flexibility index (Phi) is 3.65. The summed E-state index contributed by atoms with van der Waals surface area (Å²) < 4.78 is 1.01. The predicted molar refractivity (Wildman–Crippen MR) is 79.0 cm³/mol. The Bertz CT molecular complexity index is 557. The van der Waals surface area contributed by atoms with Gasteiger partial charge < -0.3 is 0 Å². The summed E-state index contributed by atoms with van der Waals surface area (Å²) in [6.07, 6.45) is 2.21. The second kappa shape index (κ2) is 5.30. The van der Waals surface area contributed by atoms with E-state index in [1.54, 1.807) is 0 Å². The minimum absolute atomic E-state index is 0.0311. The SMILES string of the molecule is CC(NC1CC(=O)N(C2CC2)C1=O)c1cccc(Br)c1. The van der Waals surface area contributed by atoms with E-state index in [9.17, 15) is 9.59 Å². The molecular formula is C15H17BrN2O2. The highest BCUT2D eigenvalue weighted by Crippen LogP contribution is 2.32. The topological polar surface area (TPSA) is 49.4 Å². The average molecular weight is 337 g/mol. The monoisotopic (exact) mass is 336 g/mol. The van der Waals surface area contributed by atoms with Crippen molar-refractivity contribution in [1.82, 2.24) is 10.2 Å². The van der Waals surface area contributed by atoms with Crippen LogP contribution in [-0.4, -0.2) is 28.8 Å². The molecule has 2 aliphatic rings. The van der Waals surface area contributed by atoms with Gasteiger partial charge in [-0.3, -0.25) is 19.8 Å². The number of rotatable bonds is 4. The first kappa shape index (κ1) is 13.8. The van der Waals surface area contributed by atoms with E-state index in [-0.39, 0.29) is 36.4 Å². The number of carbonyl (C=O) groups is 2. The molecular weight excluding hydrogens is 320 g/mol. The Morgan fingerprint density at radius 3 is 2.75 bits per heavy atom. The number of hydrogen-bond acceptors (Lipinski definition) is 3. The maximum absolute atomic E-state index is 12.3. The Labute approximate surface area is 126 Å². The minimum atomic E-state index is -0.378. The van der Waals surface area contributed by atoms with Gasteiger partial charge in [-0.2, -0.15) is 0 Å². The van der Waals surface area contributed by atoms with Crippen LogP contribution in [0.4, 0.5) is 0 Å². The van der Waals surface area contributed by atoms with Crippen LogP contribution in [0.3, 0.4) is 0 Å². The summed E-state index contributed by atoms with van der Waals surface area (Å²) in [6.45, 7) is 2.01. The van der Waals surface area contributed by atoms with Gasteiger partial charge in [-0.05, 0) is 37.5 Å². The van der Waals surface area contributed by atoms with Crippen molar-refractivity contribution in [2.45, 2.75) is 44.3 Å². The molecule has 0 radical (unpaired) electrons. The molecule has 4 nitrogen and oxygen atoms in total. The molecule has 1 aromatic carbocycles. The van der Waals surface area contributed by atoms with E-state index in [1.165, 1.54) is 4.90 Å². The average Bonchev–Trinajstić information content (AvgIpc) is 3.18. The normalized spacial score (nSPS) is 24.3. The van der Waals surface area contributed by atoms with Crippen molar-refractivity contribution in [3.8, 4) is 0 Å². The van der Waals surface area contributed by atoms with E-state index in [0.29, 0.717) is 0 Å². The lowest BCUT2D eigenvalue weighted by Crippen LogP contribution is -2.40. The smallest absolute Gasteiger partial charge is 0.247 e. The van der Waals surface area contributed by atoms with Gasteiger partial charge in [-0.25, -0.2) is 0 Å². The molecule has 1 saturated carbocycles. The van der Waals surface area contributed by atoms with Gasteiger partial charge in [0.25, 0.3) is 0 Å². The lowest BCUT2D eigenvalue weighted by atomic mass is 10.1. The van der Waals surface area contributed by atoms with Crippen LogP contribution >= 0.6 is 15.9 Å². The first-order valence-electron chi connectivity index (χ1n) is 6.93. The zero-order valence-electron chi connectivity index (χ0n) is 11.3. The highest BCUT2D eigenvalue weighted by Gasteiger charge is 2.46. The van der Waals surface area contributed by atoms with E-state index in [2.05, 4.69) is 21.2 Å². The Balaban J connectivity index is 1.69. The maximum atomic E-state index is 12.3. The lowest BCUT2D eigenvalue weighted by Gasteiger charge is -2.19. The second-order valence-electron chi connectivity index (χ2n) is 5.53. The Morgan fingerprint density at radius 1 is 1.35 bits per heavy atom. The third-order valence-corrected chi connectivity index (χ3v) is 4.39. The number of carbonyl (C=O) groups excluding carboxylic acids is 2. The van der Waals surface area contributed by atoms with Gasteiger partial charge in [0.1, 0.15) is 0 Å². The summed E-state index contributed by atoms with van der Waals surface area (Å²) in [5.74, 6) is -0.0872. The fraction of sp³-hybridized carbons (Fsp3) is 0.467. The molecule has 0 aromatic heterocycles. The molecule has 1 aliphatic carbocycles. The minimum Gasteiger partial charge on any atom is -0.299 e. The van der Waals surface area contributed by atoms with Crippen LogP contribution in [0, 0.1) is 0 Å². The summed E-state index contributed by atoms with van der Waals surface area (Å²) in [6, 6.07) is 7.80. The summed E-state index contributed by atoms with van der Waals surface area (Å²) in [4.78, 5) is 25.6. The van der Waals surface area contributed by atoms with Crippen molar-refractivity contribution in [3.05, 3.63) is 34.3 Å². The molecule has 2 atom stereocenters. The molecule has 1 aliphatic heterocycles. The Hall–Kier alpha value is -1.20. The third-order valence-electron chi connectivity index (χ3n) is 3.89. The molecule has 106 valence electrons. The van der Waals surface area contributed by atoms with Crippen LogP contribution in [0.25, 0.3) is 0 Å². The van der Waals surface area contributed by atoms with Gasteiger partial charge in [-0.15, -0.1) is 0 Å². The van der Waals surface area contributed by atoms with Crippen molar-refractivity contribution in [1.29, 1.82) is 0 Å². The van der Waals surface area contributed by atoms with E-state index in [0.717, 1.165) is 22.9 Å². The largest absolute Gasteiger partial charge is 0.299 e. The highest BCUT2D eigenvalue weighted by molar-refractivity contribution is 9.10. The van der Waals surface area contributed by atoms with Gasteiger partial charge in [0.05, 0.1) is 12.5 Å². The van der Waals surface area contributed by atoms with Crippen molar-refractivity contribution in [2.24, 2.45) is 0 Å². The molecule has 1 N–H and O–H groups in total. The molecule has 2 fully saturated rings. The van der Waals surface area contributed by atoms with Gasteiger partial charge in [0, 0.05) is 16.6 Å². The molecule has 2 amide bonds. The molecule has 1 heterocycles. The molecule has 3 rings (SSSR count). The van der Waals surface area contributed by atoms with Crippen LogP contribution in [0.5, 0.6) is 0 Å². The summed E-state index contributed by atoms with van der Waals surface area (Å²) >= 11 is 3.44. The number of nitrogens with one attached hydrogen (secondary N) is 1. The van der Waals surface area contributed by atoms with E-state index in [4.69, 9.17) is 0 Å². The molecule has 0 bridgehead atoms. The molecule has 2 unspecified atom stereocenters. The van der Waals surface area contributed by atoms with Crippen LogP contribution in [-0.2, 0) is 9.59 Å². The standard InChI is InChI=1S/C15H17BrN2O2/c1-9(10-3-2-4-11(16)7-10)17-13-8-14(19)18(15(13)20)12-5-6-12/h2-4,7,9,12-13,17H,5-6,8H2,1H3.